The molecule has 0 radical (unpaired) electrons. The summed E-state index contributed by atoms with van der Waals surface area (Å²) in [6.45, 7) is 5.64. The highest BCUT2D eigenvalue weighted by atomic mass is 19.1. The average molecular weight is 455 g/mol. The second-order valence-corrected chi connectivity index (χ2v) is 8.93. The summed E-state index contributed by atoms with van der Waals surface area (Å²) in [6.07, 6.45) is 0.649. The maximum absolute atomic E-state index is 13.6. The molecule has 1 atom stereocenters. The van der Waals surface area contributed by atoms with E-state index >= 15 is 0 Å². The van der Waals surface area contributed by atoms with Gasteiger partial charge in [0.2, 0.25) is 0 Å². The summed E-state index contributed by atoms with van der Waals surface area (Å²) in [5, 5.41) is 11.2. The molecule has 1 heterocycles. The minimum absolute atomic E-state index is 0.00234. The molecule has 7 heteroatoms. The van der Waals surface area contributed by atoms with E-state index in [0.717, 1.165) is 6.54 Å². The minimum Gasteiger partial charge on any atom is -0.507 e. The Kier molecular flexibility index (Phi) is 7.87. The highest BCUT2D eigenvalue weighted by Gasteiger charge is 2.45. The molecule has 3 rings (SSSR count). The van der Waals surface area contributed by atoms with Gasteiger partial charge < -0.3 is 19.6 Å². The Morgan fingerprint density at radius 2 is 1.85 bits per heavy atom. The number of nitrogens with zero attached hydrogens (tertiary/aromatic N) is 2. The van der Waals surface area contributed by atoms with Gasteiger partial charge in [0.05, 0.1) is 18.2 Å². The van der Waals surface area contributed by atoms with Crippen molar-refractivity contribution in [2.45, 2.75) is 26.3 Å². The maximum atomic E-state index is 13.6. The molecule has 6 nitrogen and oxygen atoms in total. The van der Waals surface area contributed by atoms with E-state index in [0.29, 0.717) is 42.4 Å². The predicted octanol–water partition coefficient (Wildman–Crippen LogP) is 4.23. The first kappa shape index (κ1) is 24.5. The van der Waals surface area contributed by atoms with Crippen molar-refractivity contribution >= 4 is 17.4 Å². The van der Waals surface area contributed by atoms with E-state index in [1.807, 2.05) is 32.8 Å². The van der Waals surface area contributed by atoms with E-state index in [4.69, 9.17) is 4.74 Å². The molecule has 176 valence electrons. The number of aliphatic hydroxyl groups excluding tert-OH is 1. The number of carbonyl (C=O) groups is 2. The number of benzene rings is 2. The number of hydrogen-bond donors (Lipinski definition) is 1. The molecule has 0 aliphatic carbocycles. The molecule has 2 aromatic carbocycles. The molecule has 0 bridgehead atoms. The van der Waals surface area contributed by atoms with Crippen LogP contribution in [0.5, 0.6) is 5.75 Å². The molecule has 1 unspecified atom stereocenters. The van der Waals surface area contributed by atoms with Gasteiger partial charge in [-0.2, -0.15) is 0 Å². The molecular weight excluding hydrogens is 423 g/mol. The van der Waals surface area contributed by atoms with Crippen LogP contribution >= 0.6 is 0 Å². The molecular formula is C26H31FN2O4. The van der Waals surface area contributed by atoms with E-state index in [1.54, 1.807) is 36.4 Å². The highest BCUT2D eigenvalue weighted by molar-refractivity contribution is 6.46. The molecule has 0 spiro atoms. The summed E-state index contributed by atoms with van der Waals surface area (Å²) in [7, 11) is 3.86. The normalized spacial score (nSPS) is 17.9. The molecule has 0 saturated carbocycles. The summed E-state index contributed by atoms with van der Waals surface area (Å²) < 4.78 is 19.3. The van der Waals surface area contributed by atoms with Crippen LogP contribution in [-0.4, -0.2) is 60.4 Å². The third-order valence-corrected chi connectivity index (χ3v) is 5.42. The predicted molar refractivity (Wildman–Crippen MR) is 125 cm³/mol. The molecule has 33 heavy (non-hydrogen) atoms. The first-order chi connectivity index (χ1) is 15.7. The molecule has 0 aromatic heterocycles. The monoisotopic (exact) mass is 454 g/mol. The standard InChI is InChI=1S/C26H31FN2O4/c1-17(2)16-33-21-8-5-7-19(15-21)24(30)22-23(18-9-11-20(27)12-10-18)29(26(32)25(22)31)14-6-13-28(3)4/h5,7-12,15,17,23,30H,6,13-14,16H2,1-4H3/b24-22-. The minimum atomic E-state index is -0.798. The topological polar surface area (TPSA) is 70.1 Å². The SMILES string of the molecule is CC(C)COc1cccc(/C(O)=C2/C(=O)C(=O)N(CCCN(C)C)C2c2ccc(F)cc2)c1. The lowest BCUT2D eigenvalue weighted by molar-refractivity contribution is -0.139. The van der Waals surface area contributed by atoms with Crippen molar-refractivity contribution in [2.75, 3.05) is 33.8 Å². The summed E-state index contributed by atoms with van der Waals surface area (Å²) in [5.74, 6) is -1.22. The number of amides is 1. The van der Waals surface area contributed by atoms with Gasteiger partial charge in [0.15, 0.2) is 0 Å². The fourth-order valence-corrected chi connectivity index (χ4v) is 3.81. The number of likely N-dealkylation sites (tertiary alicyclic amines) is 1. The van der Waals surface area contributed by atoms with Crippen LogP contribution in [0.15, 0.2) is 54.1 Å². The Morgan fingerprint density at radius 3 is 2.48 bits per heavy atom. The van der Waals surface area contributed by atoms with E-state index in [9.17, 15) is 19.1 Å². The molecule has 1 aliphatic rings. The van der Waals surface area contributed by atoms with Crippen molar-refractivity contribution in [3.63, 3.8) is 0 Å². The Bertz CT molecular complexity index is 1030. The number of hydrogen-bond acceptors (Lipinski definition) is 5. The van der Waals surface area contributed by atoms with E-state index in [1.165, 1.54) is 17.0 Å². The second-order valence-electron chi connectivity index (χ2n) is 8.93. The summed E-state index contributed by atoms with van der Waals surface area (Å²) in [4.78, 5) is 29.4. The zero-order chi connectivity index (χ0) is 24.1. The molecule has 1 saturated heterocycles. The van der Waals surface area contributed by atoms with Gasteiger partial charge in [-0.1, -0.05) is 38.1 Å². The van der Waals surface area contributed by atoms with Crippen LogP contribution in [0.4, 0.5) is 4.39 Å². The van der Waals surface area contributed by atoms with Gasteiger partial charge in [-0.25, -0.2) is 4.39 Å². The van der Waals surface area contributed by atoms with Crippen molar-refractivity contribution in [3.05, 3.63) is 71.0 Å². The van der Waals surface area contributed by atoms with Crippen LogP contribution in [0.3, 0.4) is 0 Å². The lowest BCUT2D eigenvalue weighted by atomic mass is 9.95. The van der Waals surface area contributed by atoms with Crippen LogP contribution < -0.4 is 4.74 Å². The Morgan fingerprint density at radius 1 is 1.15 bits per heavy atom. The fraction of sp³-hybridized carbons (Fsp3) is 0.385. The number of halogens is 1. The first-order valence-electron chi connectivity index (χ1n) is 11.1. The van der Waals surface area contributed by atoms with Crippen LogP contribution in [0.2, 0.25) is 0 Å². The van der Waals surface area contributed by atoms with Crippen LogP contribution in [0.25, 0.3) is 5.76 Å². The largest absolute Gasteiger partial charge is 0.507 e. The second kappa shape index (κ2) is 10.6. The average Bonchev–Trinajstić information content (AvgIpc) is 3.02. The third kappa shape index (κ3) is 5.79. The van der Waals surface area contributed by atoms with Gasteiger partial charge in [-0.3, -0.25) is 9.59 Å². The van der Waals surface area contributed by atoms with Gasteiger partial charge in [0, 0.05) is 12.1 Å². The number of ketones is 1. The summed E-state index contributed by atoms with van der Waals surface area (Å²) >= 11 is 0. The lowest BCUT2D eigenvalue weighted by Crippen LogP contribution is -2.32. The van der Waals surface area contributed by atoms with Crippen LogP contribution in [0.1, 0.15) is 37.4 Å². The Labute approximate surface area is 194 Å². The maximum Gasteiger partial charge on any atom is 0.295 e. The van der Waals surface area contributed by atoms with Gasteiger partial charge >= 0.3 is 0 Å². The van der Waals surface area contributed by atoms with E-state index in [2.05, 4.69) is 0 Å². The zero-order valence-electron chi connectivity index (χ0n) is 19.5. The molecule has 1 amide bonds. The Balaban J connectivity index is 2.04. The molecule has 1 aliphatic heterocycles. The number of ether oxygens (including phenoxy) is 1. The first-order valence-corrected chi connectivity index (χ1v) is 11.1. The van der Waals surface area contributed by atoms with Gasteiger partial charge in [0.1, 0.15) is 17.3 Å². The molecule has 2 aromatic rings. The van der Waals surface area contributed by atoms with Crippen molar-refractivity contribution in [1.82, 2.24) is 9.80 Å². The van der Waals surface area contributed by atoms with Crippen molar-refractivity contribution < 1.29 is 23.8 Å². The molecule has 1 fully saturated rings. The number of carbonyl (C=O) groups excluding carboxylic acids is 2. The summed E-state index contributed by atoms with van der Waals surface area (Å²) in [5.41, 5.74) is 0.946. The van der Waals surface area contributed by atoms with Crippen molar-refractivity contribution in [3.8, 4) is 5.75 Å². The van der Waals surface area contributed by atoms with Crippen molar-refractivity contribution in [2.24, 2.45) is 5.92 Å². The van der Waals surface area contributed by atoms with Crippen LogP contribution in [0, 0.1) is 11.7 Å². The fourth-order valence-electron chi connectivity index (χ4n) is 3.81. The summed E-state index contributed by atoms with van der Waals surface area (Å²) in [6, 6.07) is 11.7. The van der Waals surface area contributed by atoms with E-state index in [-0.39, 0.29) is 11.3 Å². The molecule has 1 N–H and O–H groups in total. The Hall–Kier alpha value is -3.19. The quantitative estimate of drug-likeness (QED) is 0.349. The number of Topliss-reactive ketones (excluding diaryl/α,β-unsaturated/α-hetero) is 1. The van der Waals surface area contributed by atoms with Gasteiger partial charge in [-0.05, 0) is 62.8 Å². The van der Waals surface area contributed by atoms with Crippen molar-refractivity contribution in [1.29, 1.82) is 0 Å². The number of rotatable bonds is 9. The van der Waals surface area contributed by atoms with E-state index < -0.39 is 23.5 Å². The lowest BCUT2D eigenvalue weighted by Gasteiger charge is -2.26. The third-order valence-electron chi connectivity index (χ3n) is 5.42. The van der Waals surface area contributed by atoms with Crippen LogP contribution in [-0.2, 0) is 9.59 Å². The zero-order valence-corrected chi connectivity index (χ0v) is 19.5. The smallest absolute Gasteiger partial charge is 0.295 e. The van der Waals surface area contributed by atoms with Gasteiger partial charge in [0.25, 0.3) is 11.7 Å². The number of aliphatic hydroxyl groups is 1. The van der Waals surface area contributed by atoms with Gasteiger partial charge in [-0.15, -0.1) is 0 Å². The highest BCUT2D eigenvalue weighted by Crippen LogP contribution is 2.39.